The van der Waals surface area contributed by atoms with Crippen LogP contribution in [0.5, 0.6) is 0 Å². The number of rotatable bonds is 4. The molecule has 1 aliphatic rings. The number of carbonyl (C=O) groups excluding carboxylic acids is 3. The number of furan rings is 1. The van der Waals surface area contributed by atoms with Crippen molar-refractivity contribution in [2.24, 2.45) is 0 Å². The second kappa shape index (κ2) is 8.01. The van der Waals surface area contributed by atoms with Gasteiger partial charge in [0.05, 0.1) is 11.8 Å². The molecule has 2 aromatic rings. The first-order valence-corrected chi connectivity index (χ1v) is 8.31. The first kappa shape index (κ1) is 17.9. The van der Waals surface area contributed by atoms with Gasteiger partial charge >= 0.3 is 5.97 Å². The van der Waals surface area contributed by atoms with Crippen LogP contribution in [0.15, 0.2) is 41.1 Å². The van der Waals surface area contributed by atoms with Crippen LogP contribution in [0.3, 0.4) is 0 Å². The maximum Gasteiger partial charge on any atom is 0.340 e. The van der Waals surface area contributed by atoms with Gasteiger partial charge in [-0.1, -0.05) is 11.6 Å². The lowest BCUT2D eigenvalue weighted by molar-refractivity contribution is -0.136. The van der Waals surface area contributed by atoms with Crippen LogP contribution in [0, 0.1) is 0 Å². The normalized spacial score (nSPS) is 14.2. The molecule has 3 heterocycles. The molecule has 1 aliphatic heterocycles. The molecule has 2 amide bonds. The Hall–Kier alpha value is -2.87. The Bertz CT molecular complexity index is 783. The summed E-state index contributed by atoms with van der Waals surface area (Å²) in [6, 6.07) is 6.19. The minimum Gasteiger partial charge on any atom is -0.459 e. The van der Waals surface area contributed by atoms with Crippen LogP contribution in [-0.2, 0) is 9.53 Å². The van der Waals surface area contributed by atoms with E-state index in [1.807, 2.05) is 0 Å². The third-order valence-electron chi connectivity index (χ3n) is 3.94. The van der Waals surface area contributed by atoms with Crippen LogP contribution in [0.4, 0.5) is 0 Å². The SMILES string of the molecule is O=C(OCC(=O)N1CCN(C(=O)c2ccco2)CC1)c1ccc(Cl)nc1. The summed E-state index contributed by atoms with van der Waals surface area (Å²) in [5, 5.41) is 0.264. The summed E-state index contributed by atoms with van der Waals surface area (Å²) in [7, 11) is 0. The van der Waals surface area contributed by atoms with Crippen LogP contribution in [0.2, 0.25) is 5.15 Å². The highest BCUT2D eigenvalue weighted by atomic mass is 35.5. The molecule has 0 atom stereocenters. The van der Waals surface area contributed by atoms with Crippen molar-refractivity contribution in [2.45, 2.75) is 0 Å². The molecule has 0 aromatic carbocycles. The first-order chi connectivity index (χ1) is 12.5. The molecular formula is C17H16ClN3O5. The van der Waals surface area contributed by atoms with Gasteiger partial charge < -0.3 is 19.0 Å². The lowest BCUT2D eigenvalue weighted by atomic mass is 10.2. The third-order valence-corrected chi connectivity index (χ3v) is 4.16. The number of pyridine rings is 1. The largest absolute Gasteiger partial charge is 0.459 e. The van der Waals surface area contributed by atoms with E-state index in [0.29, 0.717) is 26.2 Å². The van der Waals surface area contributed by atoms with E-state index in [1.165, 1.54) is 24.6 Å². The molecule has 0 aliphatic carbocycles. The number of amides is 2. The number of ether oxygens (including phenoxy) is 1. The fourth-order valence-electron chi connectivity index (χ4n) is 2.51. The topological polar surface area (TPSA) is 93.0 Å². The minimum absolute atomic E-state index is 0.205. The molecule has 9 heteroatoms. The number of aromatic nitrogens is 1. The van der Waals surface area contributed by atoms with Gasteiger partial charge in [0, 0.05) is 32.4 Å². The van der Waals surface area contributed by atoms with Gasteiger partial charge in [-0.3, -0.25) is 9.59 Å². The fourth-order valence-corrected chi connectivity index (χ4v) is 2.63. The third kappa shape index (κ3) is 4.20. The molecule has 8 nitrogen and oxygen atoms in total. The second-order valence-corrected chi connectivity index (χ2v) is 5.98. The van der Waals surface area contributed by atoms with Crippen LogP contribution in [0.25, 0.3) is 0 Å². The van der Waals surface area contributed by atoms with Crippen molar-refractivity contribution in [2.75, 3.05) is 32.8 Å². The molecule has 0 N–H and O–H groups in total. The lowest BCUT2D eigenvalue weighted by Crippen LogP contribution is -2.51. The number of piperazine rings is 1. The molecule has 2 aromatic heterocycles. The highest BCUT2D eigenvalue weighted by Gasteiger charge is 2.26. The first-order valence-electron chi connectivity index (χ1n) is 7.94. The highest BCUT2D eigenvalue weighted by molar-refractivity contribution is 6.29. The molecule has 0 unspecified atom stereocenters. The lowest BCUT2D eigenvalue weighted by Gasteiger charge is -2.34. The summed E-state index contributed by atoms with van der Waals surface area (Å²) in [6.07, 6.45) is 2.73. The zero-order valence-electron chi connectivity index (χ0n) is 13.8. The van der Waals surface area contributed by atoms with Gasteiger partial charge in [-0.2, -0.15) is 0 Å². The zero-order valence-corrected chi connectivity index (χ0v) is 14.5. The summed E-state index contributed by atoms with van der Waals surface area (Å²) in [4.78, 5) is 43.2. The Morgan fingerprint density at radius 3 is 2.46 bits per heavy atom. The monoisotopic (exact) mass is 377 g/mol. The Balaban J connectivity index is 1.45. The van der Waals surface area contributed by atoms with Gasteiger partial charge in [0.2, 0.25) is 0 Å². The van der Waals surface area contributed by atoms with Crippen molar-refractivity contribution in [1.82, 2.24) is 14.8 Å². The van der Waals surface area contributed by atoms with E-state index in [4.69, 9.17) is 20.8 Å². The second-order valence-electron chi connectivity index (χ2n) is 5.60. The van der Waals surface area contributed by atoms with E-state index in [9.17, 15) is 14.4 Å². The number of esters is 1. The summed E-state index contributed by atoms with van der Waals surface area (Å²) >= 11 is 5.65. The Labute approximate surface area is 154 Å². The molecule has 26 heavy (non-hydrogen) atoms. The zero-order chi connectivity index (χ0) is 18.5. The molecule has 1 fully saturated rings. The van der Waals surface area contributed by atoms with Crippen LogP contribution in [0.1, 0.15) is 20.9 Å². The smallest absolute Gasteiger partial charge is 0.340 e. The van der Waals surface area contributed by atoms with Gasteiger partial charge in [-0.15, -0.1) is 0 Å². The molecule has 0 saturated carbocycles. The fraction of sp³-hybridized carbons (Fsp3) is 0.294. The van der Waals surface area contributed by atoms with Crippen LogP contribution in [-0.4, -0.2) is 65.4 Å². The number of nitrogens with zero attached hydrogens (tertiary/aromatic N) is 3. The van der Waals surface area contributed by atoms with Crippen molar-refractivity contribution in [1.29, 1.82) is 0 Å². The number of hydrogen-bond acceptors (Lipinski definition) is 6. The van der Waals surface area contributed by atoms with E-state index in [0.717, 1.165) is 0 Å². The molecule has 0 spiro atoms. The minimum atomic E-state index is -0.644. The Kier molecular flexibility index (Phi) is 5.52. The summed E-state index contributed by atoms with van der Waals surface area (Å²) in [5.41, 5.74) is 0.219. The molecule has 3 rings (SSSR count). The predicted octanol–water partition coefficient (Wildman–Crippen LogP) is 1.47. The summed E-state index contributed by atoms with van der Waals surface area (Å²) in [5.74, 6) is -0.890. The number of carbonyl (C=O) groups is 3. The van der Waals surface area contributed by atoms with Crippen molar-refractivity contribution in [3.8, 4) is 0 Å². The molecule has 136 valence electrons. The van der Waals surface area contributed by atoms with E-state index in [2.05, 4.69) is 4.98 Å². The molecule has 1 saturated heterocycles. The van der Waals surface area contributed by atoms with Gasteiger partial charge in [0.15, 0.2) is 12.4 Å². The molecule has 0 bridgehead atoms. The van der Waals surface area contributed by atoms with Gasteiger partial charge in [0.1, 0.15) is 5.15 Å². The molecular weight excluding hydrogens is 362 g/mol. The average molecular weight is 378 g/mol. The van der Waals surface area contributed by atoms with Crippen LogP contribution < -0.4 is 0 Å². The average Bonchev–Trinajstić information content (AvgIpc) is 3.20. The van der Waals surface area contributed by atoms with Crippen LogP contribution >= 0.6 is 11.6 Å². The Morgan fingerprint density at radius 1 is 1.12 bits per heavy atom. The van der Waals surface area contributed by atoms with E-state index in [-0.39, 0.29) is 34.9 Å². The van der Waals surface area contributed by atoms with Crippen molar-refractivity contribution in [3.63, 3.8) is 0 Å². The highest BCUT2D eigenvalue weighted by Crippen LogP contribution is 2.10. The van der Waals surface area contributed by atoms with Gasteiger partial charge in [0.25, 0.3) is 11.8 Å². The van der Waals surface area contributed by atoms with Crippen molar-refractivity contribution >= 4 is 29.4 Å². The maximum absolute atomic E-state index is 12.2. The maximum atomic E-state index is 12.2. The summed E-state index contributed by atoms with van der Waals surface area (Å²) in [6.45, 7) is 1.14. The Morgan fingerprint density at radius 2 is 1.85 bits per heavy atom. The van der Waals surface area contributed by atoms with Crippen molar-refractivity contribution in [3.05, 3.63) is 53.2 Å². The standard InChI is InChI=1S/C17H16ClN3O5/c18-14-4-3-12(10-19-14)17(24)26-11-15(22)20-5-7-21(8-6-20)16(23)13-2-1-9-25-13/h1-4,9-10H,5-8,11H2. The van der Waals surface area contributed by atoms with E-state index >= 15 is 0 Å². The predicted molar refractivity (Wildman–Crippen MR) is 90.7 cm³/mol. The van der Waals surface area contributed by atoms with E-state index < -0.39 is 5.97 Å². The number of halogens is 1. The van der Waals surface area contributed by atoms with E-state index in [1.54, 1.807) is 21.9 Å². The van der Waals surface area contributed by atoms with Gasteiger partial charge in [-0.25, -0.2) is 9.78 Å². The van der Waals surface area contributed by atoms with Gasteiger partial charge in [-0.05, 0) is 24.3 Å². The summed E-state index contributed by atoms with van der Waals surface area (Å²) < 4.78 is 10.1. The molecule has 0 radical (unpaired) electrons. The number of hydrogen-bond donors (Lipinski definition) is 0. The van der Waals surface area contributed by atoms with Crippen molar-refractivity contribution < 1.29 is 23.5 Å². The quantitative estimate of drug-likeness (QED) is 0.591.